The first kappa shape index (κ1) is 20.0. The normalized spacial score (nSPS) is 38.5. The third-order valence-corrected chi connectivity index (χ3v) is 9.31. The Morgan fingerprint density at radius 1 is 1.16 bits per heavy atom. The Bertz CT molecular complexity index is 1040. The summed E-state index contributed by atoms with van der Waals surface area (Å²) in [7, 11) is 0. The predicted octanol–water partition coefficient (Wildman–Crippen LogP) is 5.97. The Hall–Kier alpha value is -1.62. The van der Waals surface area contributed by atoms with E-state index in [1.807, 2.05) is 6.08 Å². The molecule has 3 nitrogen and oxygen atoms in total. The van der Waals surface area contributed by atoms with E-state index in [1.165, 1.54) is 33.6 Å². The minimum absolute atomic E-state index is 0.0557. The molecule has 3 aliphatic carbocycles. The van der Waals surface area contributed by atoms with Crippen LogP contribution >= 0.6 is 11.8 Å². The molecule has 6 rings (SSSR count). The number of ketones is 1. The summed E-state index contributed by atoms with van der Waals surface area (Å²) in [6.45, 7) is 7.05. The van der Waals surface area contributed by atoms with Crippen LogP contribution in [0.1, 0.15) is 57.1 Å². The van der Waals surface area contributed by atoms with Gasteiger partial charge in [-0.2, -0.15) is 0 Å². The molecule has 31 heavy (non-hydrogen) atoms. The number of ether oxygens (including phenoxy) is 2. The van der Waals surface area contributed by atoms with Crippen molar-refractivity contribution in [3.05, 3.63) is 64.8 Å². The zero-order valence-electron chi connectivity index (χ0n) is 18.4. The second kappa shape index (κ2) is 6.94. The fraction of sp³-hybridized carbons (Fsp3) is 0.519. The summed E-state index contributed by atoms with van der Waals surface area (Å²) in [4.78, 5) is 13.4. The molecule has 2 aliphatic heterocycles. The summed E-state index contributed by atoms with van der Waals surface area (Å²) >= 11 is 1.76. The molecule has 2 saturated heterocycles. The summed E-state index contributed by atoms with van der Waals surface area (Å²) in [6, 6.07) is 8.85. The van der Waals surface area contributed by atoms with E-state index in [1.54, 1.807) is 11.8 Å². The predicted molar refractivity (Wildman–Crippen MR) is 123 cm³/mol. The van der Waals surface area contributed by atoms with Crippen molar-refractivity contribution in [2.24, 2.45) is 11.8 Å². The third-order valence-electron chi connectivity index (χ3n) is 8.56. The van der Waals surface area contributed by atoms with Crippen molar-refractivity contribution in [3.63, 3.8) is 0 Å². The number of benzene rings is 1. The van der Waals surface area contributed by atoms with Gasteiger partial charge in [0.2, 0.25) is 0 Å². The number of epoxide rings is 1. The highest BCUT2D eigenvalue weighted by atomic mass is 32.2. The van der Waals surface area contributed by atoms with Crippen molar-refractivity contribution in [1.82, 2.24) is 0 Å². The molecule has 5 unspecified atom stereocenters. The van der Waals surface area contributed by atoms with Crippen LogP contribution in [-0.4, -0.2) is 29.8 Å². The number of fused-ring (bicyclic) bond motifs is 3. The lowest BCUT2D eigenvalue weighted by Gasteiger charge is -2.37. The van der Waals surface area contributed by atoms with Crippen LogP contribution < -0.4 is 0 Å². The first-order valence-electron chi connectivity index (χ1n) is 11.6. The van der Waals surface area contributed by atoms with E-state index >= 15 is 0 Å². The number of hydrogen-bond acceptors (Lipinski definition) is 4. The number of carbonyl (C=O) groups is 1. The maximum absolute atomic E-state index is 12.2. The van der Waals surface area contributed by atoms with Crippen LogP contribution in [0.15, 0.2) is 64.1 Å². The van der Waals surface area contributed by atoms with E-state index < -0.39 is 0 Å². The van der Waals surface area contributed by atoms with Crippen molar-refractivity contribution in [2.75, 3.05) is 12.9 Å². The molecule has 1 aromatic carbocycles. The maximum atomic E-state index is 12.2. The van der Waals surface area contributed by atoms with Gasteiger partial charge in [0, 0.05) is 17.2 Å². The number of hydrogen-bond donors (Lipinski definition) is 0. The van der Waals surface area contributed by atoms with Gasteiger partial charge in [-0.1, -0.05) is 18.7 Å². The fourth-order valence-electron chi connectivity index (χ4n) is 7.08. The third kappa shape index (κ3) is 2.71. The highest BCUT2D eigenvalue weighted by molar-refractivity contribution is 7.98. The number of allylic oxidation sites excluding steroid dienone is 3. The number of thioether (sulfide) groups is 1. The van der Waals surface area contributed by atoms with Gasteiger partial charge in [0.25, 0.3) is 0 Å². The molecule has 0 N–H and O–H groups in total. The lowest BCUT2D eigenvalue weighted by molar-refractivity contribution is -0.114. The van der Waals surface area contributed by atoms with E-state index in [0.29, 0.717) is 24.9 Å². The summed E-state index contributed by atoms with van der Waals surface area (Å²) < 4.78 is 13.4. The van der Waals surface area contributed by atoms with Crippen LogP contribution in [0.5, 0.6) is 0 Å². The van der Waals surface area contributed by atoms with Crippen molar-refractivity contribution in [2.45, 2.75) is 67.7 Å². The minimum Gasteiger partial charge on any atom is -0.366 e. The van der Waals surface area contributed by atoms with Gasteiger partial charge in [0.15, 0.2) is 5.78 Å². The second-order valence-corrected chi connectivity index (χ2v) is 10.8. The molecular weight excluding hydrogens is 404 g/mol. The van der Waals surface area contributed by atoms with Crippen molar-refractivity contribution in [1.29, 1.82) is 0 Å². The number of carbonyl (C=O) groups excluding carboxylic acids is 1. The lowest BCUT2D eigenvalue weighted by Crippen LogP contribution is -2.35. The molecule has 0 amide bonds. The molecule has 4 heteroatoms. The molecule has 5 atom stereocenters. The van der Waals surface area contributed by atoms with E-state index in [2.05, 4.69) is 44.0 Å². The Labute approximate surface area is 189 Å². The van der Waals surface area contributed by atoms with Crippen LogP contribution in [0.3, 0.4) is 0 Å². The molecule has 1 spiro atoms. The smallest absolute Gasteiger partial charge is 0.156 e. The molecule has 2 heterocycles. The fourth-order valence-corrected chi connectivity index (χ4v) is 7.49. The van der Waals surface area contributed by atoms with E-state index in [0.717, 1.165) is 31.3 Å². The topological polar surface area (TPSA) is 38.8 Å². The van der Waals surface area contributed by atoms with Gasteiger partial charge in [0.1, 0.15) is 17.3 Å². The molecule has 0 aromatic heterocycles. The summed E-state index contributed by atoms with van der Waals surface area (Å²) in [5.41, 5.74) is 6.07. The monoisotopic (exact) mass is 434 g/mol. The molecule has 3 fully saturated rings. The van der Waals surface area contributed by atoms with Gasteiger partial charge in [-0.05, 0) is 97.3 Å². The SMILES string of the molecule is C=C(C)C12CCC3C4CCC5=CC(=O)CCC5=C4C(c4ccc(SC)cc4)OCC31O2. The molecule has 162 valence electrons. The molecule has 1 aromatic rings. The van der Waals surface area contributed by atoms with E-state index in [-0.39, 0.29) is 23.1 Å². The van der Waals surface area contributed by atoms with Gasteiger partial charge >= 0.3 is 0 Å². The zero-order valence-corrected chi connectivity index (χ0v) is 19.2. The highest BCUT2D eigenvalue weighted by Crippen LogP contribution is 2.70. The average Bonchev–Trinajstić information content (AvgIpc) is 3.38. The standard InChI is InChI=1S/C27H30O3S/c1-16(2)26-13-12-23-22-10-6-18-14-19(28)7-11-21(18)24(22)25(29-15-27(23,26)30-26)17-4-8-20(31-3)9-5-17/h4-5,8-9,14,22-23,25H,1,6-7,10-13,15H2,2-3H3. The second-order valence-electron chi connectivity index (χ2n) is 9.92. The van der Waals surface area contributed by atoms with Gasteiger partial charge in [-0.25, -0.2) is 0 Å². The van der Waals surface area contributed by atoms with Gasteiger partial charge in [0.05, 0.1) is 6.61 Å². The Morgan fingerprint density at radius 3 is 2.68 bits per heavy atom. The number of rotatable bonds is 3. The van der Waals surface area contributed by atoms with E-state index in [9.17, 15) is 4.79 Å². The van der Waals surface area contributed by atoms with Crippen LogP contribution in [0.25, 0.3) is 0 Å². The Balaban J connectivity index is 1.50. The molecule has 0 radical (unpaired) electrons. The van der Waals surface area contributed by atoms with E-state index in [4.69, 9.17) is 9.47 Å². The molecular formula is C27H30O3S. The lowest BCUT2D eigenvalue weighted by atomic mass is 9.66. The summed E-state index contributed by atoms with van der Waals surface area (Å²) in [5.74, 6) is 1.20. The molecule has 0 bridgehead atoms. The van der Waals surface area contributed by atoms with Crippen molar-refractivity contribution >= 4 is 17.5 Å². The largest absolute Gasteiger partial charge is 0.366 e. The summed E-state index contributed by atoms with van der Waals surface area (Å²) in [6.07, 6.45) is 9.76. The van der Waals surface area contributed by atoms with Gasteiger partial charge in [-0.15, -0.1) is 11.8 Å². The minimum atomic E-state index is -0.213. The van der Waals surface area contributed by atoms with Crippen LogP contribution in [0, 0.1) is 11.8 Å². The van der Waals surface area contributed by atoms with Crippen molar-refractivity contribution < 1.29 is 14.3 Å². The maximum Gasteiger partial charge on any atom is 0.156 e. The van der Waals surface area contributed by atoms with Crippen LogP contribution in [0.4, 0.5) is 0 Å². The van der Waals surface area contributed by atoms with Gasteiger partial charge in [-0.3, -0.25) is 4.79 Å². The van der Waals surface area contributed by atoms with Crippen LogP contribution in [-0.2, 0) is 14.3 Å². The zero-order chi connectivity index (χ0) is 21.4. The first-order valence-corrected chi connectivity index (χ1v) is 12.8. The van der Waals surface area contributed by atoms with Crippen molar-refractivity contribution in [3.8, 4) is 0 Å². The molecule has 1 saturated carbocycles. The quantitative estimate of drug-likeness (QED) is 0.334. The first-order chi connectivity index (χ1) is 15.0. The highest BCUT2D eigenvalue weighted by Gasteiger charge is 2.79. The van der Waals surface area contributed by atoms with Gasteiger partial charge < -0.3 is 9.47 Å². The molecule has 5 aliphatic rings. The summed E-state index contributed by atoms with van der Waals surface area (Å²) in [5, 5.41) is 0. The average molecular weight is 435 g/mol. The van der Waals surface area contributed by atoms with Crippen LogP contribution in [0.2, 0.25) is 0 Å². The Morgan fingerprint density at radius 2 is 1.97 bits per heavy atom. The Kier molecular flexibility index (Phi) is 4.48.